The molecule has 2 fully saturated rings. The van der Waals surface area contributed by atoms with Crippen LogP contribution in [0.15, 0.2) is 24.4 Å². The molecule has 40 heavy (non-hydrogen) atoms. The molecule has 4 N–H and O–H groups in total. The zero-order valence-electron chi connectivity index (χ0n) is 22.6. The van der Waals surface area contributed by atoms with Gasteiger partial charge in [0.05, 0.1) is 17.5 Å². The third-order valence-corrected chi connectivity index (χ3v) is 9.02. The van der Waals surface area contributed by atoms with E-state index in [0.29, 0.717) is 23.4 Å². The van der Waals surface area contributed by atoms with E-state index in [1.54, 1.807) is 6.07 Å². The van der Waals surface area contributed by atoms with Crippen LogP contribution in [-0.2, 0) is 13.0 Å². The van der Waals surface area contributed by atoms with Crippen LogP contribution in [0, 0.1) is 5.82 Å². The van der Waals surface area contributed by atoms with E-state index >= 15 is 0 Å². The van der Waals surface area contributed by atoms with Gasteiger partial charge in [-0.25, -0.2) is 19.3 Å². The van der Waals surface area contributed by atoms with Gasteiger partial charge in [0.2, 0.25) is 0 Å². The molecule has 3 aromatic rings. The van der Waals surface area contributed by atoms with Crippen molar-refractivity contribution in [3.05, 3.63) is 57.6 Å². The summed E-state index contributed by atoms with van der Waals surface area (Å²) >= 11 is 1.53. The Labute approximate surface area is 236 Å². The van der Waals surface area contributed by atoms with E-state index in [0.717, 1.165) is 56.5 Å². The van der Waals surface area contributed by atoms with Crippen LogP contribution in [0.25, 0.3) is 0 Å². The number of amides is 2. The molecule has 1 saturated heterocycles. The van der Waals surface area contributed by atoms with E-state index in [1.165, 1.54) is 28.5 Å². The minimum Gasteiger partial charge on any atom is -0.364 e. The minimum atomic E-state index is -0.686. The van der Waals surface area contributed by atoms with Crippen molar-refractivity contribution >= 4 is 39.9 Å². The number of carbonyl (C=O) groups is 2. The van der Waals surface area contributed by atoms with Crippen molar-refractivity contribution in [1.82, 2.24) is 25.2 Å². The molecule has 1 aliphatic carbocycles. The lowest BCUT2D eigenvalue weighted by Gasteiger charge is -2.40. The first-order valence-corrected chi connectivity index (χ1v) is 14.6. The normalized spacial score (nSPS) is 21.1. The van der Waals surface area contributed by atoms with Crippen molar-refractivity contribution in [2.24, 2.45) is 5.73 Å². The van der Waals surface area contributed by atoms with Gasteiger partial charge in [0, 0.05) is 43.0 Å². The monoisotopic (exact) mass is 564 g/mol. The van der Waals surface area contributed by atoms with E-state index in [4.69, 9.17) is 15.7 Å². The number of primary amides is 1. The maximum Gasteiger partial charge on any atom is 0.271 e. The molecule has 0 radical (unpaired) electrons. The lowest BCUT2D eigenvalue weighted by Crippen LogP contribution is -2.54. The Bertz CT molecular complexity index is 1460. The zero-order valence-corrected chi connectivity index (χ0v) is 23.4. The molecule has 1 saturated carbocycles. The number of rotatable bonds is 7. The SMILES string of the molecule is C[C@@H]1[C@H](NC(=O)c2ccc(C3CC3)cc2F)CCCN1c1cnc(C(N)=O)c(Nc2nc3c(s2)CN(C)CC3)n1. The molecule has 1 aromatic carbocycles. The van der Waals surface area contributed by atoms with Crippen molar-refractivity contribution in [2.45, 2.75) is 63.6 Å². The van der Waals surface area contributed by atoms with Crippen LogP contribution in [0.2, 0.25) is 0 Å². The largest absolute Gasteiger partial charge is 0.364 e. The van der Waals surface area contributed by atoms with Crippen LogP contribution in [0.3, 0.4) is 0 Å². The Kier molecular flexibility index (Phi) is 7.13. The fourth-order valence-electron chi connectivity index (χ4n) is 5.56. The summed E-state index contributed by atoms with van der Waals surface area (Å²) < 4.78 is 14.8. The number of anilines is 3. The zero-order chi connectivity index (χ0) is 28.0. The number of likely N-dealkylation sites (N-methyl/N-ethyl adjacent to an activating group) is 1. The van der Waals surface area contributed by atoms with Crippen molar-refractivity contribution in [3.63, 3.8) is 0 Å². The first-order chi connectivity index (χ1) is 19.3. The second-order valence-electron chi connectivity index (χ2n) is 11.0. The number of fused-ring (bicyclic) bond motifs is 1. The number of aromatic nitrogens is 3. The van der Waals surface area contributed by atoms with Gasteiger partial charge in [-0.3, -0.25) is 9.59 Å². The maximum atomic E-state index is 14.8. The van der Waals surface area contributed by atoms with Gasteiger partial charge in [0.15, 0.2) is 16.6 Å². The number of nitrogens with zero attached hydrogens (tertiary/aromatic N) is 5. The lowest BCUT2D eigenvalue weighted by atomic mass is 9.96. The quantitative estimate of drug-likeness (QED) is 0.397. The molecule has 12 heteroatoms. The molecule has 0 unspecified atom stereocenters. The molecule has 0 bridgehead atoms. The second kappa shape index (κ2) is 10.7. The van der Waals surface area contributed by atoms with E-state index in [2.05, 4.69) is 27.6 Å². The van der Waals surface area contributed by atoms with Crippen LogP contribution in [-0.4, -0.2) is 63.9 Å². The Morgan fingerprint density at radius 3 is 2.75 bits per heavy atom. The molecule has 2 aromatic heterocycles. The number of nitrogens with two attached hydrogens (primary N) is 1. The predicted octanol–water partition coefficient (Wildman–Crippen LogP) is 3.57. The van der Waals surface area contributed by atoms with Crippen LogP contribution < -0.4 is 21.3 Å². The Hall–Kier alpha value is -3.64. The van der Waals surface area contributed by atoms with Crippen LogP contribution in [0.5, 0.6) is 0 Å². The summed E-state index contributed by atoms with van der Waals surface area (Å²) in [6, 6.07) is 4.57. The summed E-state index contributed by atoms with van der Waals surface area (Å²) in [6.07, 6.45) is 6.10. The summed E-state index contributed by atoms with van der Waals surface area (Å²) in [4.78, 5) is 44.5. The van der Waals surface area contributed by atoms with Gasteiger partial charge in [-0.2, -0.15) is 0 Å². The number of hydrogen-bond donors (Lipinski definition) is 3. The molecule has 6 rings (SSSR count). The number of nitrogens with one attached hydrogen (secondary N) is 2. The Morgan fingerprint density at radius 2 is 2.00 bits per heavy atom. The van der Waals surface area contributed by atoms with Gasteiger partial charge in [0.1, 0.15) is 11.6 Å². The van der Waals surface area contributed by atoms with Crippen LogP contribution >= 0.6 is 11.3 Å². The first kappa shape index (κ1) is 26.6. The predicted molar refractivity (Wildman–Crippen MR) is 152 cm³/mol. The van der Waals surface area contributed by atoms with Gasteiger partial charge < -0.3 is 26.2 Å². The Morgan fingerprint density at radius 1 is 1.18 bits per heavy atom. The summed E-state index contributed by atoms with van der Waals surface area (Å²) in [7, 11) is 2.08. The highest BCUT2D eigenvalue weighted by Crippen LogP contribution is 2.40. The first-order valence-electron chi connectivity index (χ1n) is 13.7. The molecular weight excluding hydrogens is 531 g/mol. The minimum absolute atomic E-state index is 0.0358. The maximum absolute atomic E-state index is 14.8. The van der Waals surface area contributed by atoms with Gasteiger partial charge in [-0.15, -0.1) is 11.3 Å². The summed E-state index contributed by atoms with van der Waals surface area (Å²) in [5, 5.41) is 6.86. The number of carbonyl (C=O) groups excluding carboxylic acids is 2. The molecule has 0 spiro atoms. The molecule has 2 aliphatic heterocycles. The lowest BCUT2D eigenvalue weighted by molar-refractivity contribution is 0.0919. The van der Waals surface area contributed by atoms with E-state index in [9.17, 15) is 14.0 Å². The number of hydrogen-bond acceptors (Lipinski definition) is 9. The van der Waals surface area contributed by atoms with Gasteiger partial charge >= 0.3 is 0 Å². The van der Waals surface area contributed by atoms with Crippen molar-refractivity contribution in [2.75, 3.05) is 30.4 Å². The molecule has 2 atom stereocenters. The molecule has 2 amide bonds. The average Bonchev–Trinajstić information content (AvgIpc) is 3.70. The smallest absolute Gasteiger partial charge is 0.271 e. The van der Waals surface area contributed by atoms with E-state index in [1.807, 2.05) is 17.9 Å². The summed E-state index contributed by atoms with van der Waals surface area (Å²) in [6.45, 7) is 4.47. The average molecular weight is 565 g/mol. The van der Waals surface area contributed by atoms with Crippen molar-refractivity contribution < 1.29 is 14.0 Å². The van der Waals surface area contributed by atoms with E-state index < -0.39 is 17.6 Å². The highest BCUT2D eigenvalue weighted by molar-refractivity contribution is 7.15. The number of thiazole rings is 1. The summed E-state index contributed by atoms with van der Waals surface area (Å²) in [5.41, 5.74) is 7.72. The number of piperidine rings is 1. The topological polar surface area (TPSA) is 129 Å². The Balaban J connectivity index is 1.20. The number of halogens is 1. The fraction of sp³-hybridized carbons (Fsp3) is 0.464. The summed E-state index contributed by atoms with van der Waals surface area (Å²) in [5.74, 6) is -0.367. The fourth-order valence-corrected chi connectivity index (χ4v) is 6.64. The van der Waals surface area contributed by atoms with Gasteiger partial charge in [-0.05, 0) is 63.3 Å². The third kappa shape index (κ3) is 5.37. The molecule has 10 nitrogen and oxygen atoms in total. The van der Waals surface area contributed by atoms with Crippen molar-refractivity contribution in [1.29, 1.82) is 0 Å². The molecular formula is C28H33FN8O2S. The second-order valence-corrected chi connectivity index (χ2v) is 12.0. The van der Waals surface area contributed by atoms with Crippen LogP contribution in [0.1, 0.15) is 75.5 Å². The standard InChI is InChI=1S/C28H33FN8O2S/c1-15-20(32-27(39)18-8-7-17(12-19(18)29)16-5-6-16)4-3-10-37(15)23-13-31-24(25(30)38)26(34-23)35-28-33-21-9-11-36(2)14-22(21)40-28/h7-8,12-13,15-16,20H,3-6,9-11,14H2,1-2H3,(H2,30,38)(H,32,39)(H,33,34,35)/t15-,20-/m1/s1. The molecule has 210 valence electrons. The van der Waals surface area contributed by atoms with E-state index in [-0.39, 0.29) is 29.2 Å². The van der Waals surface area contributed by atoms with Gasteiger partial charge in [-0.1, -0.05) is 6.07 Å². The molecule has 3 aliphatic rings. The third-order valence-electron chi connectivity index (χ3n) is 8.03. The van der Waals surface area contributed by atoms with Crippen LogP contribution in [0.4, 0.5) is 21.2 Å². The van der Waals surface area contributed by atoms with Crippen molar-refractivity contribution in [3.8, 4) is 0 Å². The highest BCUT2D eigenvalue weighted by atomic mass is 32.1. The molecule has 4 heterocycles. The number of benzene rings is 1. The highest BCUT2D eigenvalue weighted by Gasteiger charge is 2.32. The van der Waals surface area contributed by atoms with Gasteiger partial charge in [0.25, 0.3) is 11.8 Å².